The van der Waals surface area contributed by atoms with Crippen LogP contribution in [0.25, 0.3) is 0 Å². The van der Waals surface area contributed by atoms with Crippen LogP contribution in [0, 0.1) is 18.6 Å². The molecule has 226 valence electrons. The molecule has 0 saturated heterocycles. The summed E-state index contributed by atoms with van der Waals surface area (Å²) in [6.45, 7) is 5.73. The molecule has 0 aromatic heterocycles. The van der Waals surface area contributed by atoms with E-state index in [1.54, 1.807) is 31.0 Å². The fourth-order valence-electron chi connectivity index (χ4n) is 4.69. The zero-order chi connectivity index (χ0) is 30.8. The van der Waals surface area contributed by atoms with Gasteiger partial charge in [0.1, 0.15) is 11.6 Å². The van der Waals surface area contributed by atoms with Gasteiger partial charge in [0.25, 0.3) is 11.8 Å². The number of aryl methyl sites for hydroxylation is 2. The summed E-state index contributed by atoms with van der Waals surface area (Å²) >= 11 is 0. The minimum Gasteiger partial charge on any atom is -0.390 e. The third kappa shape index (κ3) is 10.0. The smallest absolute Gasteiger partial charge is 0.253 e. The Morgan fingerprint density at radius 2 is 1.55 bits per heavy atom. The molecule has 2 atom stereocenters. The fraction of sp³-hybridized carbons (Fsp3) is 0.394. The van der Waals surface area contributed by atoms with Gasteiger partial charge in [-0.3, -0.25) is 9.59 Å². The van der Waals surface area contributed by atoms with Crippen LogP contribution >= 0.6 is 0 Å². The Hall–Kier alpha value is -3.66. The summed E-state index contributed by atoms with van der Waals surface area (Å²) in [7, 11) is 5.57. The Bertz CT molecular complexity index is 1340. The molecule has 3 N–H and O–H groups in total. The minimum atomic E-state index is -1.07. The summed E-state index contributed by atoms with van der Waals surface area (Å²) in [5.41, 5.74) is 3.92. The topological polar surface area (TPSA) is 84.9 Å². The highest BCUT2D eigenvalue weighted by Crippen LogP contribution is 2.16. The summed E-state index contributed by atoms with van der Waals surface area (Å²) in [5.74, 6) is -2.18. The van der Waals surface area contributed by atoms with Gasteiger partial charge in [0, 0.05) is 50.4 Å². The van der Waals surface area contributed by atoms with Crippen molar-refractivity contribution in [2.24, 2.45) is 0 Å². The van der Waals surface area contributed by atoms with Crippen LogP contribution in [-0.4, -0.2) is 79.6 Å². The predicted molar refractivity (Wildman–Crippen MR) is 162 cm³/mol. The number of nitrogens with one attached hydrogen (secondary N) is 2. The maximum absolute atomic E-state index is 13.9. The number of carbonyl (C=O) groups excluding carboxylic acids is 2. The monoisotopic (exact) mass is 580 g/mol. The molecule has 3 aromatic carbocycles. The Labute approximate surface area is 247 Å². The van der Waals surface area contributed by atoms with Crippen LogP contribution in [0.15, 0.2) is 60.7 Å². The van der Waals surface area contributed by atoms with Crippen molar-refractivity contribution in [3.05, 3.63) is 106 Å². The lowest BCUT2D eigenvalue weighted by Crippen LogP contribution is -2.48. The van der Waals surface area contributed by atoms with E-state index in [2.05, 4.69) is 23.6 Å². The number of aliphatic hydroxyl groups excluding tert-OH is 1. The maximum atomic E-state index is 13.9. The van der Waals surface area contributed by atoms with Gasteiger partial charge in [-0.2, -0.15) is 0 Å². The first-order valence-electron chi connectivity index (χ1n) is 14.2. The van der Waals surface area contributed by atoms with E-state index in [1.807, 2.05) is 37.2 Å². The van der Waals surface area contributed by atoms with Crippen molar-refractivity contribution in [2.45, 2.75) is 45.4 Å². The van der Waals surface area contributed by atoms with Crippen molar-refractivity contribution in [2.75, 3.05) is 40.8 Å². The Kier molecular flexibility index (Phi) is 12.2. The van der Waals surface area contributed by atoms with Crippen LogP contribution in [-0.2, 0) is 19.4 Å². The summed E-state index contributed by atoms with van der Waals surface area (Å²) in [4.78, 5) is 30.1. The molecule has 0 fully saturated rings. The number of aliphatic hydroxyl groups is 1. The first-order valence-corrected chi connectivity index (χ1v) is 14.2. The quantitative estimate of drug-likeness (QED) is 0.269. The molecule has 0 aliphatic carbocycles. The van der Waals surface area contributed by atoms with E-state index in [0.29, 0.717) is 30.8 Å². The molecule has 2 amide bonds. The summed E-state index contributed by atoms with van der Waals surface area (Å²) in [6.07, 6.45) is -0.162. The number of hydrogen-bond donors (Lipinski definition) is 3. The lowest BCUT2D eigenvalue weighted by molar-refractivity contribution is 0.0786. The molecule has 0 bridgehead atoms. The normalized spacial score (nSPS) is 12.7. The van der Waals surface area contributed by atoms with Crippen LogP contribution in [0.1, 0.15) is 49.9 Å². The van der Waals surface area contributed by atoms with Gasteiger partial charge in [0.2, 0.25) is 0 Å². The van der Waals surface area contributed by atoms with Gasteiger partial charge in [0.15, 0.2) is 0 Å². The third-order valence-corrected chi connectivity index (χ3v) is 7.06. The predicted octanol–water partition coefficient (Wildman–Crippen LogP) is 3.96. The average Bonchev–Trinajstić information content (AvgIpc) is 2.94. The number of carbonyl (C=O) groups is 2. The van der Waals surface area contributed by atoms with E-state index in [1.165, 1.54) is 23.8 Å². The van der Waals surface area contributed by atoms with E-state index < -0.39 is 29.7 Å². The molecule has 3 aromatic rings. The SMILES string of the molecule is CCc1cccc(CNCC(O)C(Cc2cc(F)cc(F)c2)NC(=O)c2cc(C)cc(C(=O)N(C)CCN(C)C)c2)c1. The Balaban J connectivity index is 1.78. The Morgan fingerprint density at radius 3 is 2.21 bits per heavy atom. The highest BCUT2D eigenvalue weighted by Gasteiger charge is 2.24. The third-order valence-electron chi connectivity index (χ3n) is 7.06. The number of nitrogens with zero attached hydrogens (tertiary/aromatic N) is 2. The van der Waals surface area contributed by atoms with Crippen LogP contribution < -0.4 is 10.6 Å². The van der Waals surface area contributed by atoms with Gasteiger partial charge in [-0.15, -0.1) is 0 Å². The summed E-state index contributed by atoms with van der Waals surface area (Å²) < 4.78 is 27.9. The summed E-state index contributed by atoms with van der Waals surface area (Å²) in [5, 5.41) is 17.2. The molecule has 3 rings (SSSR count). The second kappa shape index (κ2) is 15.5. The van der Waals surface area contributed by atoms with E-state index >= 15 is 0 Å². The van der Waals surface area contributed by atoms with Crippen molar-refractivity contribution in [1.82, 2.24) is 20.4 Å². The van der Waals surface area contributed by atoms with Crippen LogP contribution in [0.5, 0.6) is 0 Å². The number of likely N-dealkylation sites (N-methyl/N-ethyl adjacent to an activating group) is 2. The van der Waals surface area contributed by atoms with Crippen molar-refractivity contribution in [1.29, 1.82) is 0 Å². The molecule has 42 heavy (non-hydrogen) atoms. The van der Waals surface area contributed by atoms with Gasteiger partial charge >= 0.3 is 0 Å². The van der Waals surface area contributed by atoms with Crippen LogP contribution in [0.3, 0.4) is 0 Å². The highest BCUT2D eigenvalue weighted by atomic mass is 19.1. The van der Waals surface area contributed by atoms with Crippen molar-refractivity contribution < 1.29 is 23.5 Å². The second-order valence-corrected chi connectivity index (χ2v) is 11.1. The average molecular weight is 581 g/mol. The molecular weight excluding hydrogens is 538 g/mol. The van der Waals surface area contributed by atoms with E-state index in [-0.39, 0.29) is 24.4 Å². The van der Waals surface area contributed by atoms with E-state index in [9.17, 15) is 23.5 Å². The lowest BCUT2D eigenvalue weighted by Gasteiger charge is -2.25. The molecule has 0 saturated carbocycles. The maximum Gasteiger partial charge on any atom is 0.253 e. The number of halogens is 2. The molecular formula is C33H42F2N4O3. The van der Waals surface area contributed by atoms with E-state index in [4.69, 9.17) is 0 Å². The molecule has 7 nitrogen and oxygen atoms in total. The molecule has 9 heteroatoms. The van der Waals surface area contributed by atoms with Crippen molar-refractivity contribution in [3.63, 3.8) is 0 Å². The largest absolute Gasteiger partial charge is 0.390 e. The van der Waals surface area contributed by atoms with E-state index in [0.717, 1.165) is 23.6 Å². The van der Waals surface area contributed by atoms with Crippen molar-refractivity contribution in [3.8, 4) is 0 Å². The summed E-state index contributed by atoms with van der Waals surface area (Å²) in [6, 6.07) is 15.3. The Morgan fingerprint density at radius 1 is 0.881 bits per heavy atom. The minimum absolute atomic E-state index is 0.000533. The van der Waals surface area contributed by atoms with Gasteiger partial charge in [0.05, 0.1) is 12.1 Å². The molecule has 0 radical (unpaired) electrons. The standard InChI is InChI=1S/C33H42F2N4O3/c1-6-23-8-7-9-24(14-23)20-36-21-31(40)30(17-25-15-28(34)19-29(35)16-25)37-32(41)26-12-22(2)13-27(18-26)33(42)39(5)11-10-38(3)4/h7-9,12-16,18-19,30-31,36,40H,6,10-11,17,20-21H2,1-5H3,(H,37,41). The van der Waals surface area contributed by atoms with Gasteiger partial charge in [-0.25, -0.2) is 8.78 Å². The lowest BCUT2D eigenvalue weighted by atomic mass is 9.99. The van der Waals surface area contributed by atoms with Crippen LogP contribution in [0.2, 0.25) is 0 Å². The molecule has 0 spiro atoms. The van der Waals surface area contributed by atoms with Gasteiger partial charge in [-0.1, -0.05) is 31.2 Å². The van der Waals surface area contributed by atoms with Crippen molar-refractivity contribution >= 4 is 11.8 Å². The molecule has 0 aliphatic heterocycles. The zero-order valence-electron chi connectivity index (χ0n) is 25.1. The molecule has 2 unspecified atom stereocenters. The highest BCUT2D eigenvalue weighted by molar-refractivity contribution is 6.00. The fourth-order valence-corrected chi connectivity index (χ4v) is 4.69. The molecule has 0 heterocycles. The number of amides is 2. The van der Waals surface area contributed by atoms with Crippen LogP contribution in [0.4, 0.5) is 8.78 Å². The second-order valence-electron chi connectivity index (χ2n) is 11.1. The number of rotatable bonds is 14. The first kappa shape index (κ1) is 32.8. The zero-order valence-corrected chi connectivity index (χ0v) is 25.1. The number of hydrogen-bond acceptors (Lipinski definition) is 5. The molecule has 0 aliphatic rings. The van der Waals surface area contributed by atoms with Gasteiger partial charge in [-0.05, 0) is 86.4 Å². The van der Waals surface area contributed by atoms with Gasteiger partial charge < -0.3 is 25.5 Å². The number of benzene rings is 3. The first-order chi connectivity index (χ1) is 19.9.